The van der Waals surface area contributed by atoms with E-state index >= 15 is 0 Å². The fraction of sp³-hybridized carbons (Fsp3) is 0. The third-order valence-corrected chi connectivity index (χ3v) is 1.92. The average Bonchev–Trinajstić information content (AvgIpc) is 2.59. The molecule has 0 unspecified atom stereocenters. The molecule has 0 aliphatic carbocycles. The van der Waals surface area contributed by atoms with Gasteiger partial charge in [0, 0.05) is 17.5 Å². The van der Waals surface area contributed by atoms with Crippen molar-refractivity contribution >= 4 is 22.9 Å². The minimum Gasteiger partial charge on any atom is -0.464 e. The number of nitro benzene ring substituents is 1. The highest BCUT2D eigenvalue weighted by atomic mass is 16.6. The summed E-state index contributed by atoms with van der Waals surface area (Å²) in [6, 6.07) is 4.13. The van der Waals surface area contributed by atoms with Gasteiger partial charge in [-0.25, -0.2) is 0 Å². The number of rotatable bonds is 2. The maximum Gasteiger partial charge on any atom is 0.270 e. The number of furan rings is 1. The van der Waals surface area contributed by atoms with Crippen LogP contribution in [0.4, 0.5) is 5.69 Å². The summed E-state index contributed by atoms with van der Waals surface area (Å²) in [5.74, 6) is 0. The number of fused-ring (bicyclic) bond motifs is 1. The molecule has 0 spiro atoms. The van der Waals surface area contributed by atoms with Gasteiger partial charge in [-0.2, -0.15) is 0 Å². The standard InChI is InChI=1S/C9H5NO4/c11-4-6-5-14-9-2-1-7(10(12)13)3-8(6)9/h1-5H. The quantitative estimate of drug-likeness (QED) is 0.414. The molecule has 1 aromatic heterocycles. The van der Waals surface area contributed by atoms with E-state index < -0.39 is 4.92 Å². The van der Waals surface area contributed by atoms with E-state index in [1.54, 1.807) is 0 Å². The number of non-ortho nitro benzene ring substituents is 1. The highest BCUT2D eigenvalue weighted by Crippen LogP contribution is 2.24. The zero-order chi connectivity index (χ0) is 10.1. The van der Waals surface area contributed by atoms with Crippen molar-refractivity contribution in [3.63, 3.8) is 0 Å². The highest BCUT2D eigenvalue weighted by molar-refractivity contribution is 5.96. The third kappa shape index (κ3) is 1.15. The summed E-state index contributed by atoms with van der Waals surface area (Å²) in [5, 5.41) is 10.9. The molecule has 0 amide bonds. The fourth-order valence-corrected chi connectivity index (χ4v) is 1.24. The topological polar surface area (TPSA) is 73.3 Å². The number of aldehydes is 1. The number of hydrogen-bond acceptors (Lipinski definition) is 4. The molecular formula is C9H5NO4. The Labute approximate surface area is 78.1 Å². The van der Waals surface area contributed by atoms with Crippen LogP contribution in [0.5, 0.6) is 0 Å². The van der Waals surface area contributed by atoms with Gasteiger partial charge in [0.15, 0.2) is 6.29 Å². The predicted octanol–water partition coefficient (Wildman–Crippen LogP) is 2.15. The van der Waals surface area contributed by atoms with Crippen LogP contribution in [0.15, 0.2) is 28.9 Å². The number of nitrogens with zero attached hydrogens (tertiary/aromatic N) is 1. The lowest BCUT2D eigenvalue weighted by Gasteiger charge is -1.90. The number of carbonyl (C=O) groups is 1. The van der Waals surface area contributed by atoms with Gasteiger partial charge in [0.25, 0.3) is 5.69 Å². The summed E-state index contributed by atoms with van der Waals surface area (Å²) in [5.41, 5.74) is 0.739. The van der Waals surface area contributed by atoms with Gasteiger partial charge >= 0.3 is 0 Å². The molecule has 0 N–H and O–H groups in total. The normalized spacial score (nSPS) is 10.3. The van der Waals surface area contributed by atoms with Crippen LogP contribution in [0.1, 0.15) is 10.4 Å². The van der Waals surface area contributed by atoms with Gasteiger partial charge in [0.1, 0.15) is 11.8 Å². The van der Waals surface area contributed by atoms with E-state index in [9.17, 15) is 14.9 Å². The molecular weight excluding hydrogens is 186 g/mol. The van der Waals surface area contributed by atoms with Gasteiger partial charge in [0.2, 0.25) is 0 Å². The number of carbonyl (C=O) groups excluding carboxylic acids is 1. The molecule has 14 heavy (non-hydrogen) atoms. The van der Waals surface area contributed by atoms with Gasteiger partial charge in [-0.05, 0) is 6.07 Å². The molecule has 5 heteroatoms. The number of hydrogen-bond donors (Lipinski definition) is 0. The van der Waals surface area contributed by atoms with Crippen molar-refractivity contribution in [2.45, 2.75) is 0 Å². The van der Waals surface area contributed by atoms with Crippen LogP contribution in [-0.4, -0.2) is 11.2 Å². The molecule has 0 saturated heterocycles. The van der Waals surface area contributed by atoms with Gasteiger partial charge in [0.05, 0.1) is 10.5 Å². The van der Waals surface area contributed by atoms with Crippen LogP contribution in [0.2, 0.25) is 0 Å². The zero-order valence-electron chi connectivity index (χ0n) is 6.97. The smallest absolute Gasteiger partial charge is 0.270 e. The maximum absolute atomic E-state index is 10.5. The Morgan fingerprint density at radius 1 is 1.43 bits per heavy atom. The zero-order valence-corrected chi connectivity index (χ0v) is 6.97. The lowest BCUT2D eigenvalue weighted by Crippen LogP contribution is -1.86. The lowest BCUT2D eigenvalue weighted by molar-refractivity contribution is -0.384. The SMILES string of the molecule is O=Cc1coc2ccc([N+](=O)[O-])cc12. The van der Waals surface area contributed by atoms with Gasteiger partial charge < -0.3 is 4.42 Å². The first kappa shape index (κ1) is 8.43. The van der Waals surface area contributed by atoms with Crippen molar-refractivity contribution in [3.8, 4) is 0 Å². The van der Waals surface area contributed by atoms with Crippen molar-refractivity contribution < 1.29 is 14.1 Å². The van der Waals surface area contributed by atoms with Crippen molar-refractivity contribution in [1.29, 1.82) is 0 Å². The fourth-order valence-electron chi connectivity index (χ4n) is 1.24. The van der Waals surface area contributed by atoms with Crippen molar-refractivity contribution in [2.24, 2.45) is 0 Å². The lowest BCUT2D eigenvalue weighted by atomic mass is 10.2. The molecule has 0 aliphatic rings. The molecule has 0 radical (unpaired) electrons. The van der Waals surface area contributed by atoms with Crippen LogP contribution < -0.4 is 0 Å². The Kier molecular flexibility index (Phi) is 1.78. The van der Waals surface area contributed by atoms with Crippen LogP contribution in [-0.2, 0) is 0 Å². The first-order valence-electron chi connectivity index (χ1n) is 3.83. The Balaban J connectivity index is 2.73. The summed E-state index contributed by atoms with van der Waals surface area (Å²) in [6.07, 6.45) is 1.89. The van der Waals surface area contributed by atoms with Gasteiger partial charge in [-0.1, -0.05) is 0 Å². The van der Waals surface area contributed by atoms with Crippen molar-refractivity contribution in [2.75, 3.05) is 0 Å². The van der Waals surface area contributed by atoms with Gasteiger partial charge in [-0.3, -0.25) is 14.9 Å². The molecule has 0 bridgehead atoms. The van der Waals surface area contributed by atoms with Crippen LogP contribution >= 0.6 is 0 Å². The Morgan fingerprint density at radius 2 is 2.21 bits per heavy atom. The molecule has 0 saturated carbocycles. The summed E-state index contributed by atoms with van der Waals surface area (Å²) in [6.45, 7) is 0. The molecule has 0 aliphatic heterocycles. The molecule has 1 aromatic carbocycles. The average molecular weight is 191 g/mol. The van der Waals surface area contributed by atoms with E-state index in [0.29, 0.717) is 22.8 Å². The molecule has 1 heterocycles. The number of nitro groups is 1. The number of benzene rings is 1. The molecule has 0 fully saturated rings. The van der Waals surface area contributed by atoms with E-state index in [2.05, 4.69) is 0 Å². The van der Waals surface area contributed by atoms with E-state index in [-0.39, 0.29) is 5.69 Å². The Hall–Kier alpha value is -2.17. The summed E-state index contributed by atoms with van der Waals surface area (Å²) >= 11 is 0. The summed E-state index contributed by atoms with van der Waals surface area (Å²) in [7, 11) is 0. The Bertz CT molecular complexity index is 515. The second-order valence-electron chi connectivity index (χ2n) is 2.75. The minimum atomic E-state index is -0.513. The molecule has 2 rings (SSSR count). The highest BCUT2D eigenvalue weighted by Gasteiger charge is 2.10. The Morgan fingerprint density at radius 3 is 2.86 bits per heavy atom. The molecule has 2 aromatic rings. The second-order valence-corrected chi connectivity index (χ2v) is 2.75. The third-order valence-electron chi connectivity index (χ3n) is 1.92. The summed E-state index contributed by atoms with van der Waals surface area (Å²) in [4.78, 5) is 20.5. The monoisotopic (exact) mass is 191 g/mol. The molecule has 5 nitrogen and oxygen atoms in total. The molecule has 70 valence electrons. The van der Waals surface area contributed by atoms with Gasteiger partial charge in [-0.15, -0.1) is 0 Å². The van der Waals surface area contributed by atoms with E-state index in [1.165, 1.54) is 24.5 Å². The first-order valence-corrected chi connectivity index (χ1v) is 3.83. The van der Waals surface area contributed by atoms with E-state index in [0.717, 1.165) is 0 Å². The van der Waals surface area contributed by atoms with E-state index in [1.807, 2.05) is 0 Å². The van der Waals surface area contributed by atoms with Crippen molar-refractivity contribution in [1.82, 2.24) is 0 Å². The summed E-state index contributed by atoms with van der Waals surface area (Å²) < 4.78 is 5.02. The first-order chi connectivity index (χ1) is 6.72. The van der Waals surface area contributed by atoms with Crippen molar-refractivity contribution in [3.05, 3.63) is 40.1 Å². The minimum absolute atomic E-state index is 0.0537. The van der Waals surface area contributed by atoms with Crippen LogP contribution in [0.3, 0.4) is 0 Å². The van der Waals surface area contributed by atoms with Crippen LogP contribution in [0, 0.1) is 10.1 Å². The predicted molar refractivity (Wildman–Crippen MR) is 48.3 cm³/mol. The molecule has 0 atom stereocenters. The maximum atomic E-state index is 10.5. The van der Waals surface area contributed by atoms with Crippen LogP contribution in [0.25, 0.3) is 11.0 Å². The second kappa shape index (κ2) is 2.95. The largest absolute Gasteiger partial charge is 0.464 e. The van der Waals surface area contributed by atoms with E-state index in [4.69, 9.17) is 4.42 Å².